The van der Waals surface area contributed by atoms with E-state index in [0.717, 1.165) is 6.42 Å². The number of hydrogen-bond donors (Lipinski definition) is 3. The second kappa shape index (κ2) is 5.38. The average Bonchev–Trinajstić information content (AvgIpc) is 2.17. The normalized spacial score (nSPS) is 29.2. The molecule has 0 aliphatic heterocycles. The SMILES string of the molecule is CC1CCCCC1(NS(=O)(=O)NC(C)(C)C)C(=O)O. The van der Waals surface area contributed by atoms with Gasteiger partial charge in [0.05, 0.1) is 0 Å². The molecule has 19 heavy (non-hydrogen) atoms. The van der Waals surface area contributed by atoms with E-state index < -0.39 is 27.3 Å². The van der Waals surface area contributed by atoms with Crippen molar-refractivity contribution in [3.63, 3.8) is 0 Å². The summed E-state index contributed by atoms with van der Waals surface area (Å²) in [6.45, 7) is 6.92. The highest BCUT2D eigenvalue weighted by Gasteiger charge is 2.48. The van der Waals surface area contributed by atoms with Crippen molar-refractivity contribution in [3.05, 3.63) is 0 Å². The van der Waals surface area contributed by atoms with E-state index in [-0.39, 0.29) is 5.92 Å². The first-order chi connectivity index (χ1) is 8.49. The molecule has 0 heterocycles. The van der Waals surface area contributed by atoms with Crippen molar-refractivity contribution in [2.75, 3.05) is 0 Å². The summed E-state index contributed by atoms with van der Waals surface area (Å²) in [5, 5.41) is 9.47. The van der Waals surface area contributed by atoms with E-state index in [0.29, 0.717) is 19.3 Å². The maximum Gasteiger partial charge on any atom is 0.325 e. The van der Waals surface area contributed by atoms with Gasteiger partial charge >= 0.3 is 5.97 Å². The van der Waals surface area contributed by atoms with Crippen LogP contribution in [0, 0.1) is 5.92 Å². The predicted molar refractivity (Wildman–Crippen MR) is 72.9 cm³/mol. The summed E-state index contributed by atoms with van der Waals surface area (Å²) in [5.74, 6) is -1.32. The van der Waals surface area contributed by atoms with Gasteiger partial charge in [-0.3, -0.25) is 4.79 Å². The minimum atomic E-state index is -3.86. The van der Waals surface area contributed by atoms with Crippen LogP contribution >= 0.6 is 0 Å². The number of carboxylic acid groups (broad SMARTS) is 1. The van der Waals surface area contributed by atoms with Gasteiger partial charge in [-0.25, -0.2) is 0 Å². The molecule has 1 fully saturated rings. The monoisotopic (exact) mass is 292 g/mol. The van der Waals surface area contributed by atoms with Gasteiger partial charge < -0.3 is 5.11 Å². The third kappa shape index (κ3) is 4.15. The fourth-order valence-corrected chi connectivity index (χ4v) is 4.26. The number of aliphatic carboxylic acids is 1. The maximum atomic E-state index is 12.1. The lowest BCUT2D eigenvalue weighted by atomic mass is 9.74. The first-order valence-electron chi connectivity index (χ1n) is 6.55. The Morgan fingerprint density at radius 3 is 2.32 bits per heavy atom. The Kier molecular flexibility index (Phi) is 4.64. The van der Waals surface area contributed by atoms with Crippen molar-refractivity contribution in [2.45, 2.75) is 64.5 Å². The molecule has 0 aromatic carbocycles. The molecule has 1 aliphatic carbocycles. The largest absolute Gasteiger partial charge is 0.480 e. The second-order valence-corrected chi connectivity index (χ2v) is 7.80. The summed E-state index contributed by atoms with van der Waals surface area (Å²) in [4.78, 5) is 11.6. The molecule has 3 N–H and O–H groups in total. The van der Waals surface area contributed by atoms with Gasteiger partial charge in [0, 0.05) is 5.54 Å². The highest BCUT2D eigenvalue weighted by atomic mass is 32.2. The highest BCUT2D eigenvalue weighted by molar-refractivity contribution is 7.87. The summed E-state index contributed by atoms with van der Waals surface area (Å²) in [7, 11) is -3.86. The van der Waals surface area contributed by atoms with Crippen molar-refractivity contribution < 1.29 is 18.3 Å². The summed E-state index contributed by atoms with van der Waals surface area (Å²) < 4.78 is 29.0. The summed E-state index contributed by atoms with van der Waals surface area (Å²) in [5.41, 5.74) is -2.04. The van der Waals surface area contributed by atoms with Gasteiger partial charge in [-0.15, -0.1) is 0 Å². The molecule has 0 aromatic rings. The van der Waals surface area contributed by atoms with Crippen molar-refractivity contribution in [2.24, 2.45) is 5.92 Å². The standard InChI is InChI=1S/C12H24N2O4S/c1-9-7-5-6-8-12(9,10(15)16)14-19(17,18)13-11(2,3)4/h9,13-14H,5-8H2,1-4H3,(H,15,16). The Bertz CT molecular complexity index is 441. The van der Waals surface area contributed by atoms with E-state index in [9.17, 15) is 18.3 Å². The second-order valence-electron chi connectivity index (χ2n) is 6.38. The molecule has 2 atom stereocenters. The first-order valence-corrected chi connectivity index (χ1v) is 8.03. The third-order valence-corrected chi connectivity index (χ3v) is 4.95. The Balaban J connectivity index is 3.00. The lowest BCUT2D eigenvalue weighted by molar-refractivity contribution is -0.147. The molecular weight excluding hydrogens is 268 g/mol. The van der Waals surface area contributed by atoms with Crippen LogP contribution in [0.25, 0.3) is 0 Å². The van der Waals surface area contributed by atoms with E-state index in [1.54, 1.807) is 27.7 Å². The molecule has 0 amide bonds. The van der Waals surface area contributed by atoms with E-state index >= 15 is 0 Å². The van der Waals surface area contributed by atoms with Crippen LogP contribution in [0.4, 0.5) is 0 Å². The van der Waals surface area contributed by atoms with Crippen molar-refractivity contribution in [3.8, 4) is 0 Å². The molecule has 7 heteroatoms. The molecule has 0 spiro atoms. The zero-order chi connectivity index (χ0) is 14.9. The summed E-state index contributed by atoms with van der Waals surface area (Å²) in [6.07, 6.45) is 2.69. The Morgan fingerprint density at radius 1 is 1.32 bits per heavy atom. The van der Waals surface area contributed by atoms with Crippen molar-refractivity contribution in [1.82, 2.24) is 9.44 Å². The van der Waals surface area contributed by atoms with Gasteiger partial charge in [-0.05, 0) is 39.5 Å². The zero-order valence-electron chi connectivity index (χ0n) is 12.0. The number of nitrogens with one attached hydrogen (secondary N) is 2. The van der Waals surface area contributed by atoms with Gasteiger partial charge in [0.2, 0.25) is 0 Å². The lowest BCUT2D eigenvalue weighted by Crippen LogP contribution is -2.63. The molecule has 6 nitrogen and oxygen atoms in total. The molecule has 1 aliphatic rings. The number of rotatable bonds is 4. The zero-order valence-corrected chi connectivity index (χ0v) is 12.8. The van der Waals surface area contributed by atoms with Crippen LogP contribution in [-0.4, -0.2) is 30.6 Å². The summed E-state index contributed by atoms with van der Waals surface area (Å²) >= 11 is 0. The fourth-order valence-electron chi connectivity index (χ4n) is 2.53. The molecule has 0 radical (unpaired) electrons. The quantitative estimate of drug-likeness (QED) is 0.726. The van der Waals surface area contributed by atoms with Gasteiger partial charge in [0.15, 0.2) is 0 Å². The van der Waals surface area contributed by atoms with E-state index in [4.69, 9.17) is 0 Å². The van der Waals surface area contributed by atoms with Gasteiger partial charge in [-0.1, -0.05) is 19.8 Å². The average molecular weight is 292 g/mol. The minimum absolute atomic E-state index is 0.227. The Morgan fingerprint density at radius 2 is 1.89 bits per heavy atom. The van der Waals surface area contributed by atoms with Crippen LogP contribution in [-0.2, 0) is 15.0 Å². The third-order valence-electron chi connectivity index (χ3n) is 3.44. The topological polar surface area (TPSA) is 95.5 Å². The van der Waals surface area contributed by atoms with E-state index in [2.05, 4.69) is 9.44 Å². The first kappa shape index (κ1) is 16.4. The summed E-state index contributed by atoms with van der Waals surface area (Å²) in [6, 6.07) is 0. The van der Waals surface area contributed by atoms with Crippen LogP contribution in [0.1, 0.15) is 53.4 Å². The molecule has 0 bridgehead atoms. The van der Waals surface area contributed by atoms with Gasteiger partial charge in [-0.2, -0.15) is 17.9 Å². The van der Waals surface area contributed by atoms with E-state index in [1.165, 1.54) is 0 Å². The molecule has 0 saturated heterocycles. The van der Waals surface area contributed by atoms with Crippen LogP contribution in [0.2, 0.25) is 0 Å². The van der Waals surface area contributed by atoms with Crippen LogP contribution in [0.5, 0.6) is 0 Å². The highest BCUT2D eigenvalue weighted by Crippen LogP contribution is 2.34. The van der Waals surface area contributed by atoms with Crippen LogP contribution < -0.4 is 9.44 Å². The van der Waals surface area contributed by atoms with E-state index in [1.807, 2.05) is 0 Å². The van der Waals surface area contributed by atoms with Crippen LogP contribution in [0.3, 0.4) is 0 Å². The number of carbonyl (C=O) groups is 1. The molecule has 1 saturated carbocycles. The van der Waals surface area contributed by atoms with Gasteiger partial charge in [0.1, 0.15) is 5.54 Å². The van der Waals surface area contributed by atoms with Crippen molar-refractivity contribution >= 4 is 16.2 Å². The maximum absolute atomic E-state index is 12.1. The Labute approximate surface area is 115 Å². The predicted octanol–water partition coefficient (Wildman–Crippen LogP) is 1.24. The van der Waals surface area contributed by atoms with Crippen molar-refractivity contribution in [1.29, 1.82) is 0 Å². The number of hydrogen-bond acceptors (Lipinski definition) is 3. The Hall–Kier alpha value is -0.660. The number of carboxylic acids is 1. The molecule has 2 unspecified atom stereocenters. The van der Waals surface area contributed by atoms with Gasteiger partial charge in [0.25, 0.3) is 10.2 Å². The molecule has 1 rings (SSSR count). The smallest absolute Gasteiger partial charge is 0.325 e. The fraction of sp³-hybridized carbons (Fsp3) is 0.917. The molecule has 112 valence electrons. The van der Waals surface area contributed by atoms with Crippen LogP contribution in [0.15, 0.2) is 0 Å². The molecule has 0 aromatic heterocycles. The molecular formula is C12H24N2O4S. The lowest BCUT2D eigenvalue weighted by Gasteiger charge is -2.39. The minimum Gasteiger partial charge on any atom is -0.480 e.